The zero-order valence-corrected chi connectivity index (χ0v) is 20.2. The third-order valence-corrected chi connectivity index (χ3v) is 7.09. The number of ether oxygens (including phenoxy) is 3. The number of rotatable bonds is 7. The van der Waals surface area contributed by atoms with Crippen LogP contribution >= 0.6 is 0 Å². The van der Waals surface area contributed by atoms with E-state index >= 15 is 0 Å². The van der Waals surface area contributed by atoms with Crippen molar-refractivity contribution >= 4 is 0 Å². The van der Waals surface area contributed by atoms with E-state index in [9.17, 15) is 0 Å². The Kier molecular flexibility index (Phi) is 6.62. The van der Waals surface area contributed by atoms with Gasteiger partial charge in [-0.2, -0.15) is 4.98 Å². The van der Waals surface area contributed by atoms with Crippen molar-refractivity contribution in [2.24, 2.45) is 5.41 Å². The molecule has 0 radical (unpaired) electrons. The monoisotopic (exact) mass is 444 g/mol. The van der Waals surface area contributed by atoms with Crippen LogP contribution in [0.25, 0.3) is 0 Å². The summed E-state index contributed by atoms with van der Waals surface area (Å²) in [5.41, 5.74) is 1.44. The van der Waals surface area contributed by atoms with Gasteiger partial charge in [0.05, 0.1) is 27.4 Å². The molecule has 2 saturated heterocycles. The Morgan fingerprint density at radius 3 is 2.31 bits per heavy atom. The van der Waals surface area contributed by atoms with Crippen molar-refractivity contribution in [2.45, 2.75) is 51.6 Å². The molecule has 0 bridgehead atoms. The van der Waals surface area contributed by atoms with E-state index in [0.717, 1.165) is 61.4 Å². The summed E-state index contributed by atoms with van der Waals surface area (Å²) in [6.07, 6.45) is 3.42. The van der Waals surface area contributed by atoms with Crippen LogP contribution in [0.1, 0.15) is 62.3 Å². The number of hydrogen-bond acceptors (Lipinski definition) is 8. The van der Waals surface area contributed by atoms with Gasteiger partial charge in [-0.15, -0.1) is 0 Å². The molecule has 0 amide bonds. The van der Waals surface area contributed by atoms with Crippen molar-refractivity contribution in [3.8, 4) is 17.2 Å². The third kappa shape index (κ3) is 4.43. The molecule has 4 rings (SSSR count). The van der Waals surface area contributed by atoms with Crippen molar-refractivity contribution in [3.63, 3.8) is 0 Å². The summed E-state index contributed by atoms with van der Waals surface area (Å²) in [7, 11) is 7.20. The molecule has 2 aliphatic heterocycles. The Labute approximate surface area is 190 Å². The predicted octanol–water partition coefficient (Wildman–Crippen LogP) is 3.88. The van der Waals surface area contributed by atoms with E-state index < -0.39 is 0 Å². The van der Waals surface area contributed by atoms with Crippen LogP contribution < -0.4 is 14.2 Å². The third-order valence-electron chi connectivity index (χ3n) is 7.09. The molecular formula is C24H36N4O4. The first-order valence-electron chi connectivity index (χ1n) is 11.4. The maximum Gasteiger partial charge on any atom is 0.229 e. The lowest BCUT2D eigenvalue weighted by molar-refractivity contribution is 0.105. The van der Waals surface area contributed by atoms with Crippen molar-refractivity contribution in [1.29, 1.82) is 0 Å². The first-order chi connectivity index (χ1) is 15.4. The van der Waals surface area contributed by atoms with Gasteiger partial charge < -0.3 is 18.7 Å². The van der Waals surface area contributed by atoms with Crippen LogP contribution in [0.5, 0.6) is 17.2 Å². The van der Waals surface area contributed by atoms with Crippen LogP contribution in [0.4, 0.5) is 0 Å². The number of piperidine rings is 1. The molecule has 2 aliphatic rings. The van der Waals surface area contributed by atoms with Crippen LogP contribution in [-0.2, 0) is 6.54 Å². The Morgan fingerprint density at radius 2 is 1.72 bits per heavy atom. The minimum Gasteiger partial charge on any atom is -0.496 e. The fraction of sp³-hybridized carbons (Fsp3) is 0.667. The zero-order chi connectivity index (χ0) is 22.9. The second kappa shape index (κ2) is 9.27. The lowest BCUT2D eigenvalue weighted by atomic mass is 9.76. The van der Waals surface area contributed by atoms with E-state index in [1.807, 2.05) is 12.1 Å². The lowest BCUT2D eigenvalue weighted by Gasteiger charge is -2.39. The molecule has 1 unspecified atom stereocenters. The summed E-state index contributed by atoms with van der Waals surface area (Å²) in [4.78, 5) is 9.59. The summed E-state index contributed by atoms with van der Waals surface area (Å²) in [5.74, 6) is 4.08. The number of methoxy groups -OCH3 is 3. The van der Waals surface area contributed by atoms with E-state index in [1.54, 1.807) is 21.3 Å². The highest BCUT2D eigenvalue weighted by Crippen LogP contribution is 2.48. The highest BCUT2D eigenvalue weighted by molar-refractivity contribution is 5.50. The quantitative estimate of drug-likeness (QED) is 0.637. The van der Waals surface area contributed by atoms with Crippen molar-refractivity contribution < 1.29 is 18.7 Å². The molecule has 0 saturated carbocycles. The van der Waals surface area contributed by atoms with Gasteiger partial charge in [-0.3, -0.25) is 9.80 Å². The van der Waals surface area contributed by atoms with Gasteiger partial charge >= 0.3 is 0 Å². The van der Waals surface area contributed by atoms with Crippen LogP contribution in [0.3, 0.4) is 0 Å². The number of benzene rings is 1. The van der Waals surface area contributed by atoms with Gasteiger partial charge in [0.25, 0.3) is 0 Å². The predicted molar refractivity (Wildman–Crippen MR) is 121 cm³/mol. The molecule has 0 aliphatic carbocycles. The summed E-state index contributed by atoms with van der Waals surface area (Å²) in [6, 6.07) is 4.18. The lowest BCUT2D eigenvalue weighted by Crippen LogP contribution is -2.40. The normalized spacial score (nSPS) is 21.4. The molecular weight excluding hydrogens is 408 g/mol. The molecule has 8 nitrogen and oxygen atoms in total. The molecule has 0 N–H and O–H groups in total. The first kappa shape index (κ1) is 22.9. The Hall–Kier alpha value is -2.32. The minimum absolute atomic E-state index is 0.240. The summed E-state index contributed by atoms with van der Waals surface area (Å²) in [5, 5.41) is 4.29. The Bertz CT molecular complexity index is 921. The number of hydrogen-bond donors (Lipinski definition) is 0. The zero-order valence-electron chi connectivity index (χ0n) is 20.2. The molecule has 1 aromatic heterocycles. The standard InChI is InChI=1S/C24H36N4O4/c1-16(2)23-25-22(26-32-23)18-13-24(15-27(18)3)7-9-28(10-8-24)14-17-11-20(30-5)21(31-6)12-19(17)29-4/h11-12,16,18H,7-10,13-15H2,1-6H3. The second-order valence-electron chi connectivity index (χ2n) is 9.58. The molecule has 2 aromatic rings. The van der Waals surface area contributed by atoms with Gasteiger partial charge in [0.15, 0.2) is 17.3 Å². The number of aromatic nitrogens is 2. The van der Waals surface area contributed by atoms with Gasteiger partial charge in [0.1, 0.15) is 5.75 Å². The van der Waals surface area contributed by atoms with Gasteiger partial charge in [0, 0.05) is 30.6 Å². The van der Waals surface area contributed by atoms with E-state index in [4.69, 9.17) is 18.7 Å². The molecule has 176 valence electrons. The van der Waals surface area contributed by atoms with E-state index in [0.29, 0.717) is 11.2 Å². The number of likely N-dealkylation sites (tertiary alicyclic amines) is 2. The first-order valence-corrected chi connectivity index (χ1v) is 11.4. The summed E-state index contributed by atoms with van der Waals surface area (Å²) in [6.45, 7) is 8.20. The van der Waals surface area contributed by atoms with Crippen LogP contribution in [-0.4, -0.2) is 68.0 Å². The summed E-state index contributed by atoms with van der Waals surface area (Å²) < 4.78 is 22.0. The topological polar surface area (TPSA) is 73.1 Å². The fourth-order valence-electron chi connectivity index (χ4n) is 5.18. The van der Waals surface area contributed by atoms with Gasteiger partial charge in [-0.05, 0) is 50.9 Å². The molecule has 1 spiro atoms. The average molecular weight is 445 g/mol. The van der Waals surface area contributed by atoms with Crippen LogP contribution in [0.15, 0.2) is 16.7 Å². The van der Waals surface area contributed by atoms with Gasteiger partial charge in [-0.1, -0.05) is 19.0 Å². The Balaban J connectivity index is 1.41. The van der Waals surface area contributed by atoms with E-state index in [-0.39, 0.29) is 12.0 Å². The highest BCUT2D eigenvalue weighted by atomic mass is 16.5. The maximum absolute atomic E-state index is 5.63. The smallest absolute Gasteiger partial charge is 0.229 e. The molecule has 32 heavy (non-hydrogen) atoms. The summed E-state index contributed by atoms with van der Waals surface area (Å²) >= 11 is 0. The van der Waals surface area contributed by atoms with E-state index in [2.05, 4.69) is 40.8 Å². The second-order valence-corrected chi connectivity index (χ2v) is 9.58. The van der Waals surface area contributed by atoms with Crippen LogP contribution in [0.2, 0.25) is 0 Å². The van der Waals surface area contributed by atoms with Crippen molar-refractivity contribution in [2.75, 3.05) is 48.0 Å². The average Bonchev–Trinajstić information content (AvgIpc) is 3.40. The molecule has 2 fully saturated rings. The van der Waals surface area contributed by atoms with Gasteiger partial charge in [0.2, 0.25) is 5.89 Å². The highest BCUT2D eigenvalue weighted by Gasteiger charge is 2.46. The Morgan fingerprint density at radius 1 is 1.06 bits per heavy atom. The van der Waals surface area contributed by atoms with Gasteiger partial charge in [-0.25, -0.2) is 0 Å². The molecule has 1 aromatic carbocycles. The van der Waals surface area contributed by atoms with E-state index in [1.165, 1.54) is 12.8 Å². The minimum atomic E-state index is 0.240. The maximum atomic E-state index is 5.63. The molecule has 8 heteroatoms. The van der Waals surface area contributed by atoms with Crippen molar-refractivity contribution in [3.05, 3.63) is 29.4 Å². The fourth-order valence-corrected chi connectivity index (χ4v) is 5.18. The SMILES string of the molecule is COc1cc(OC)c(OC)cc1CN1CCC2(CC1)CC(c1noc(C(C)C)n1)N(C)C2. The van der Waals surface area contributed by atoms with Crippen molar-refractivity contribution in [1.82, 2.24) is 19.9 Å². The largest absolute Gasteiger partial charge is 0.496 e. The number of nitrogens with zero attached hydrogens (tertiary/aromatic N) is 4. The van der Waals surface area contributed by atoms with Crippen LogP contribution in [0, 0.1) is 5.41 Å². The molecule has 1 atom stereocenters. The molecule has 3 heterocycles.